The summed E-state index contributed by atoms with van der Waals surface area (Å²) in [5.74, 6) is 0.336. The predicted molar refractivity (Wildman–Crippen MR) is 127 cm³/mol. The topological polar surface area (TPSA) is 89.0 Å². The molecule has 0 unspecified atom stereocenters. The van der Waals surface area contributed by atoms with Gasteiger partial charge in [-0.05, 0) is 77.9 Å². The predicted octanol–water partition coefficient (Wildman–Crippen LogP) is 4.61. The first-order chi connectivity index (χ1) is 14.4. The second-order valence-corrected chi connectivity index (χ2v) is 7.74. The molecule has 0 atom stereocenters. The van der Waals surface area contributed by atoms with Gasteiger partial charge in [0, 0.05) is 10.7 Å². The highest BCUT2D eigenvalue weighted by molar-refractivity contribution is 14.1. The van der Waals surface area contributed by atoms with Crippen LogP contribution in [-0.2, 0) is 9.59 Å². The molecule has 7 nitrogen and oxygen atoms in total. The molecule has 30 heavy (non-hydrogen) atoms. The molecule has 0 bridgehead atoms. The smallest absolute Gasteiger partial charge is 0.249 e. The SMILES string of the molecule is CCCOc1c(I)cc(C=NNC(=O)CC(=O)Nc2ccc(Cl)cc2)cc1OCC. The van der Waals surface area contributed by atoms with Crippen LogP contribution < -0.4 is 20.2 Å². The standard InChI is InChI=1S/C21H23ClIN3O4/c1-3-9-30-21-17(23)10-14(11-18(21)29-4-2)13-24-26-20(28)12-19(27)25-16-7-5-15(22)6-8-16/h5-8,10-11,13H,3-4,9,12H2,1-2H3,(H,25,27)(H,26,28). The van der Waals surface area contributed by atoms with E-state index in [-0.39, 0.29) is 6.42 Å². The molecule has 0 saturated carbocycles. The Bertz CT molecular complexity index is 904. The number of nitrogens with zero attached hydrogens (tertiary/aromatic N) is 1. The first-order valence-electron chi connectivity index (χ1n) is 9.39. The Morgan fingerprint density at radius 2 is 1.87 bits per heavy atom. The number of nitrogens with one attached hydrogen (secondary N) is 2. The van der Waals surface area contributed by atoms with Crippen LogP contribution in [0.15, 0.2) is 41.5 Å². The molecular formula is C21H23ClIN3O4. The maximum atomic E-state index is 11.9. The van der Waals surface area contributed by atoms with Crippen LogP contribution in [-0.4, -0.2) is 31.2 Å². The Labute approximate surface area is 194 Å². The van der Waals surface area contributed by atoms with Crippen LogP contribution in [0.3, 0.4) is 0 Å². The Hall–Kier alpha value is -2.33. The summed E-state index contributed by atoms with van der Waals surface area (Å²) in [6, 6.07) is 10.3. The van der Waals surface area contributed by atoms with E-state index in [0.717, 1.165) is 15.6 Å². The van der Waals surface area contributed by atoms with Crippen LogP contribution in [0.5, 0.6) is 11.5 Å². The lowest BCUT2D eigenvalue weighted by Gasteiger charge is -2.14. The summed E-state index contributed by atoms with van der Waals surface area (Å²) < 4.78 is 12.3. The highest BCUT2D eigenvalue weighted by Gasteiger charge is 2.12. The third kappa shape index (κ3) is 7.83. The number of benzene rings is 2. The van der Waals surface area contributed by atoms with Crippen LogP contribution in [0.4, 0.5) is 5.69 Å². The monoisotopic (exact) mass is 543 g/mol. The minimum Gasteiger partial charge on any atom is -0.490 e. The van der Waals surface area contributed by atoms with Crippen molar-refractivity contribution in [3.63, 3.8) is 0 Å². The summed E-state index contributed by atoms with van der Waals surface area (Å²) in [6.07, 6.45) is 2.03. The molecule has 160 valence electrons. The van der Waals surface area contributed by atoms with Crippen molar-refractivity contribution in [1.82, 2.24) is 5.43 Å². The van der Waals surface area contributed by atoms with E-state index in [4.69, 9.17) is 21.1 Å². The van der Waals surface area contributed by atoms with Gasteiger partial charge in [0.2, 0.25) is 11.8 Å². The van der Waals surface area contributed by atoms with E-state index < -0.39 is 11.8 Å². The summed E-state index contributed by atoms with van der Waals surface area (Å²) in [4.78, 5) is 23.9. The van der Waals surface area contributed by atoms with Crippen molar-refractivity contribution in [1.29, 1.82) is 0 Å². The Kier molecular flexibility index (Phi) is 9.88. The van der Waals surface area contributed by atoms with Crippen LogP contribution in [0.1, 0.15) is 32.3 Å². The van der Waals surface area contributed by atoms with E-state index in [9.17, 15) is 9.59 Å². The zero-order chi connectivity index (χ0) is 21.9. The fraction of sp³-hybridized carbons (Fsp3) is 0.286. The second-order valence-electron chi connectivity index (χ2n) is 6.14. The Morgan fingerprint density at radius 3 is 2.53 bits per heavy atom. The van der Waals surface area contributed by atoms with Crippen molar-refractivity contribution < 1.29 is 19.1 Å². The molecule has 0 aromatic heterocycles. The molecule has 2 aromatic carbocycles. The van der Waals surface area contributed by atoms with Gasteiger partial charge in [0.15, 0.2) is 11.5 Å². The molecule has 0 spiro atoms. The number of halogens is 2. The van der Waals surface area contributed by atoms with E-state index >= 15 is 0 Å². The van der Waals surface area contributed by atoms with Crippen LogP contribution in [0.25, 0.3) is 0 Å². The van der Waals surface area contributed by atoms with Gasteiger partial charge in [-0.1, -0.05) is 18.5 Å². The average Bonchev–Trinajstić information content (AvgIpc) is 2.69. The fourth-order valence-corrected chi connectivity index (χ4v) is 3.28. The van der Waals surface area contributed by atoms with Gasteiger partial charge in [0.05, 0.1) is 23.0 Å². The summed E-state index contributed by atoms with van der Waals surface area (Å²) in [5.41, 5.74) is 3.64. The molecule has 0 aliphatic carbocycles. The maximum Gasteiger partial charge on any atom is 0.249 e. The molecule has 0 fully saturated rings. The molecule has 9 heteroatoms. The van der Waals surface area contributed by atoms with Gasteiger partial charge < -0.3 is 14.8 Å². The molecule has 2 aromatic rings. The molecule has 0 saturated heterocycles. The number of carbonyl (C=O) groups excluding carboxylic acids is 2. The first kappa shape index (κ1) is 23.9. The molecular weight excluding hydrogens is 521 g/mol. The molecule has 0 radical (unpaired) electrons. The number of carbonyl (C=O) groups is 2. The van der Waals surface area contributed by atoms with Crippen molar-refractivity contribution >= 4 is 57.9 Å². The largest absolute Gasteiger partial charge is 0.490 e. The molecule has 2 rings (SSSR count). The molecule has 0 heterocycles. The number of hydrazone groups is 1. The van der Waals surface area contributed by atoms with Crippen molar-refractivity contribution in [2.45, 2.75) is 26.7 Å². The minimum absolute atomic E-state index is 0.356. The number of hydrogen-bond acceptors (Lipinski definition) is 5. The molecule has 2 amide bonds. The van der Waals surface area contributed by atoms with Gasteiger partial charge >= 0.3 is 0 Å². The quantitative estimate of drug-likeness (QED) is 0.198. The lowest BCUT2D eigenvalue weighted by Crippen LogP contribution is -2.24. The van der Waals surface area contributed by atoms with Crippen LogP contribution >= 0.6 is 34.2 Å². The first-order valence-corrected chi connectivity index (χ1v) is 10.8. The normalized spacial score (nSPS) is 10.7. The van der Waals surface area contributed by atoms with Gasteiger partial charge in [-0.2, -0.15) is 5.10 Å². The number of anilines is 1. The van der Waals surface area contributed by atoms with E-state index in [1.54, 1.807) is 30.3 Å². The maximum absolute atomic E-state index is 11.9. The Morgan fingerprint density at radius 1 is 1.13 bits per heavy atom. The van der Waals surface area contributed by atoms with E-state index in [0.29, 0.717) is 35.4 Å². The minimum atomic E-state index is -0.527. The number of ether oxygens (including phenoxy) is 2. The van der Waals surface area contributed by atoms with Gasteiger partial charge in [0.25, 0.3) is 0 Å². The number of hydrogen-bond donors (Lipinski definition) is 2. The van der Waals surface area contributed by atoms with Crippen LogP contribution in [0, 0.1) is 3.57 Å². The Balaban J connectivity index is 1.94. The second kappa shape index (κ2) is 12.4. The zero-order valence-electron chi connectivity index (χ0n) is 16.7. The van der Waals surface area contributed by atoms with Crippen LogP contribution in [0.2, 0.25) is 5.02 Å². The van der Waals surface area contributed by atoms with Gasteiger partial charge in [-0.3, -0.25) is 9.59 Å². The van der Waals surface area contributed by atoms with E-state index in [2.05, 4.69) is 38.4 Å². The fourth-order valence-electron chi connectivity index (χ4n) is 2.37. The van der Waals surface area contributed by atoms with E-state index in [1.807, 2.05) is 19.9 Å². The average molecular weight is 544 g/mol. The van der Waals surface area contributed by atoms with Gasteiger partial charge in [0.1, 0.15) is 6.42 Å². The lowest BCUT2D eigenvalue weighted by molar-refractivity contribution is -0.126. The highest BCUT2D eigenvalue weighted by Crippen LogP contribution is 2.34. The third-order valence-electron chi connectivity index (χ3n) is 3.63. The van der Waals surface area contributed by atoms with Crippen molar-refractivity contribution in [3.05, 3.63) is 50.6 Å². The van der Waals surface area contributed by atoms with E-state index in [1.165, 1.54) is 6.21 Å². The summed E-state index contributed by atoms with van der Waals surface area (Å²) in [5, 5.41) is 7.11. The lowest BCUT2D eigenvalue weighted by atomic mass is 10.2. The summed E-state index contributed by atoms with van der Waals surface area (Å²) in [7, 11) is 0. The highest BCUT2D eigenvalue weighted by atomic mass is 127. The third-order valence-corrected chi connectivity index (χ3v) is 4.69. The summed E-state index contributed by atoms with van der Waals surface area (Å²) in [6.45, 7) is 5.02. The zero-order valence-corrected chi connectivity index (χ0v) is 19.6. The molecule has 0 aliphatic rings. The van der Waals surface area contributed by atoms with Crippen molar-refractivity contribution in [3.8, 4) is 11.5 Å². The number of rotatable bonds is 10. The van der Waals surface area contributed by atoms with Gasteiger partial charge in [-0.15, -0.1) is 0 Å². The summed E-state index contributed by atoms with van der Waals surface area (Å²) >= 11 is 7.97. The van der Waals surface area contributed by atoms with Crippen molar-refractivity contribution in [2.75, 3.05) is 18.5 Å². The number of amides is 2. The molecule has 2 N–H and O–H groups in total. The molecule has 0 aliphatic heterocycles. The van der Waals surface area contributed by atoms with Crippen molar-refractivity contribution in [2.24, 2.45) is 5.10 Å². The van der Waals surface area contributed by atoms with Gasteiger partial charge in [-0.25, -0.2) is 5.43 Å².